The Morgan fingerprint density at radius 1 is 1.48 bits per heavy atom. The molecule has 21 heavy (non-hydrogen) atoms. The van der Waals surface area contributed by atoms with E-state index in [1.54, 1.807) is 6.92 Å². The average Bonchev–Trinajstić information content (AvgIpc) is 3.13. The molecule has 2 rings (SSSR count). The van der Waals surface area contributed by atoms with Crippen LogP contribution in [0.1, 0.15) is 36.3 Å². The maximum Gasteiger partial charge on any atom is 0.354 e. The van der Waals surface area contributed by atoms with Gasteiger partial charge < -0.3 is 14.7 Å². The summed E-state index contributed by atoms with van der Waals surface area (Å²) in [4.78, 5) is 36.7. The molecule has 0 saturated carbocycles. The number of carboxylic acids is 1. The van der Waals surface area contributed by atoms with Crippen LogP contribution in [0.3, 0.4) is 0 Å². The van der Waals surface area contributed by atoms with Crippen molar-refractivity contribution in [3.8, 4) is 0 Å². The second-order valence-electron chi connectivity index (χ2n) is 4.85. The Morgan fingerprint density at radius 2 is 2.19 bits per heavy atom. The first-order chi connectivity index (χ1) is 9.97. The average molecular weight is 295 g/mol. The fourth-order valence-electron chi connectivity index (χ4n) is 2.55. The summed E-state index contributed by atoms with van der Waals surface area (Å²) in [7, 11) is 1.28. The number of hydrogen-bond acceptors (Lipinski definition) is 5. The fraction of sp³-hybridized carbons (Fsp3) is 0.538. The van der Waals surface area contributed by atoms with Crippen LogP contribution in [0, 0.1) is 0 Å². The number of carbonyl (C=O) groups excluding carboxylic acids is 2. The van der Waals surface area contributed by atoms with Gasteiger partial charge in [-0.1, -0.05) is 0 Å². The summed E-state index contributed by atoms with van der Waals surface area (Å²) in [6, 6.07) is -0.0707. The van der Waals surface area contributed by atoms with Gasteiger partial charge in [-0.3, -0.25) is 4.79 Å². The van der Waals surface area contributed by atoms with Crippen molar-refractivity contribution in [3.63, 3.8) is 0 Å². The van der Waals surface area contributed by atoms with Gasteiger partial charge in [-0.05, 0) is 25.8 Å². The van der Waals surface area contributed by atoms with Crippen molar-refractivity contribution in [2.24, 2.45) is 0 Å². The minimum absolute atomic E-state index is 0.0651. The molecular formula is C13H17N3O5. The van der Waals surface area contributed by atoms with E-state index in [4.69, 9.17) is 9.84 Å². The highest BCUT2D eigenvalue weighted by Crippen LogP contribution is 2.23. The molecule has 0 spiro atoms. The van der Waals surface area contributed by atoms with E-state index >= 15 is 0 Å². The second-order valence-corrected chi connectivity index (χ2v) is 4.85. The van der Waals surface area contributed by atoms with Crippen LogP contribution in [0.15, 0.2) is 12.3 Å². The number of aromatic nitrogens is 2. The Bertz CT molecular complexity index is 568. The molecule has 0 aromatic carbocycles. The topological polar surface area (TPSA) is 102 Å². The number of methoxy groups -OCH3 is 1. The van der Waals surface area contributed by atoms with Crippen molar-refractivity contribution in [1.82, 2.24) is 14.7 Å². The normalized spacial score (nSPS) is 19.3. The molecule has 2 atom stereocenters. The van der Waals surface area contributed by atoms with Crippen LogP contribution in [-0.4, -0.2) is 57.3 Å². The maximum atomic E-state index is 12.5. The quantitative estimate of drug-likeness (QED) is 0.802. The molecule has 1 saturated heterocycles. The first-order valence-electron chi connectivity index (χ1n) is 6.62. The smallest absolute Gasteiger partial charge is 0.354 e. The zero-order valence-electron chi connectivity index (χ0n) is 11.9. The SMILES string of the molecule is COC(=O)C1CCCN1C(=O)C(C)n1nccc1C(=O)O. The molecule has 1 aliphatic rings. The molecule has 114 valence electrons. The largest absolute Gasteiger partial charge is 0.477 e. The van der Waals surface area contributed by atoms with Crippen molar-refractivity contribution >= 4 is 17.8 Å². The molecular weight excluding hydrogens is 278 g/mol. The Hall–Kier alpha value is -2.38. The van der Waals surface area contributed by atoms with Crippen LogP contribution in [0.4, 0.5) is 0 Å². The summed E-state index contributed by atoms with van der Waals surface area (Å²) in [5, 5.41) is 13.0. The first-order valence-corrected chi connectivity index (χ1v) is 6.62. The summed E-state index contributed by atoms with van der Waals surface area (Å²) >= 11 is 0. The predicted molar refractivity (Wildman–Crippen MR) is 70.6 cm³/mol. The van der Waals surface area contributed by atoms with Gasteiger partial charge in [0, 0.05) is 12.7 Å². The third kappa shape index (κ3) is 2.74. The van der Waals surface area contributed by atoms with Crippen LogP contribution in [0.25, 0.3) is 0 Å². The van der Waals surface area contributed by atoms with Crippen LogP contribution in [0.5, 0.6) is 0 Å². The Kier molecular flexibility index (Phi) is 4.25. The molecule has 1 aliphatic heterocycles. The molecule has 0 aliphatic carbocycles. The van der Waals surface area contributed by atoms with Crippen molar-refractivity contribution in [2.75, 3.05) is 13.7 Å². The summed E-state index contributed by atoms with van der Waals surface area (Å²) < 4.78 is 5.85. The lowest BCUT2D eigenvalue weighted by molar-refractivity contribution is -0.152. The van der Waals surface area contributed by atoms with E-state index in [0.717, 1.165) is 4.68 Å². The number of likely N-dealkylation sites (tertiary alicyclic amines) is 1. The second kappa shape index (κ2) is 5.94. The molecule has 8 nitrogen and oxygen atoms in total. The molecule has 2 unspecified atom stereocenters. The molecule has 1 N–H and O–H groups in total. The number of aromatic carboxylic acids is 1. The minimum Gasteiger partial charge on any atom is -0.477 e. The van der Waals surface area contributed by atoms with Gasteiger partial charge in [-0.15, -0.1) is 0 Å². The molecule has 2 heterocycles. The molecule has 0 radical (unpaired) electrons. The number of carboxylic acid groups (broad SMARTS) is 1. The van der Waals surface area contributed by atoms with Crippen LogP contribution >= 0.6 is 0 Å². The van der Waals surface area contributed by atoms with Crippen molar-refractivity contribution in [3.05, 3.63) is 18.0 Å². The standard InChI is InChI=1S/C13H17N3O5/c1-8(16-9(12(18)19)5-6-14-16)11(17)15-7-3-4-10(15)13(20)21-2/h5-6,8,10H,3-4,7H2,1-2H3,(H,18,19). The van der Waals surface area contributed by atoms with E-state index in [0.29, 0.717) is 19.4 Å². The van der Waals surface area contributed by atoms with Gasteiger partial charge in [0.1, 0.15) is 17.8 Å². The van der Waals surface area contributed by atoms with Gasteiger partial charge in [-0.2, -0.15) is 5.10 Å². The molecule has 1 aromatic rings. The van der Waals surface area contributed by atoms with Crippen LogP contribution in [0.2, 0.25) is 0 Å². The number of amides is 1. The highest BCUT2D eigenvalue weighted by atomic mass is 16.5. The van der Waals surface area contributed by atoms with Gasteiger partial charge >= 0.3 is 11.9 Å². The lowest BCUT2D eigenvalue weighted by atomic mass is 10.2. The number of esters is 1. The first kappa shape index (κ1) is 15.0. The Morgan fingerprint density at radius 3 is 2.81 bits per heavy atom. The Labute approximate surface area is 121 Å². The lowest BCUT2D eigenvalue weighted by Gasteiger charge is -2.26. The van der Waals surface area contributed by atoms with Crippen LogP contribution < -0.4 is 0 Å². The van der Waals surface area contributed by atoms with Crippen molar-refractivity contribution < 1.29 is 24.2 Å². The number of nitrogens with zero attached hydrogens (tertiary/aromatic N) is 3. The third-order valence-electron chi connectivity index (χ3n) is 3.62. The van der Waals surface area contributed by atoms with E-state index in [1.807, 2.05) is 0 Å². The van der Waals surface area contributed by atoms with Crippen LogP contribution in [-0.2, 0) is 14.3 Å². The summed E-state index contributed by atoms with van der Waals surface area (Å²) in [5.41, 5.74) is -0.0651. The molecule has 1 fully saturated rings. The number of ether oxygens (including phenoxy) is 1. The zero-order valence-corrected chi connectivity index (χ0v) is 11.9. The Balaban J connectivity index is 2.21. The monoisotopic (exact) mass is 295 g/mol. The van der Waals surface area contributed by atoms with Gasteiger partial charge in [0.05, 0.1) is 7.11 Å². The lowest BCUT2D eigenvalue weighted by Crippen LogP contribution is -2.44. The highest BCUT2D eigenvalue weighted by molar-refractivity contribution is 5.89. The van der Waals surface area contributed by atoms with E-state index in [2.05, 4.69) is 5.10 Å². The summed E-state index contributed by atoms with van der Waals surface area (Å²) in [6.07, 6.45) is 2.59. The molecule has 1 amide bonds. The van der Waals surface area contributed by atoms with E-state index in [-0.39, 0.29) is 11.6 Å². The fourth-order valence-corrected chi connectivity index (χ4v) is 2.55. The zero-order chi connectivity index (χ0) is 15.6. The summed E-state index contributed by atoms with van der Waals surface area (Å²) in [5.74, 6) is -1.95. The molecule has 0 bridgehead atoms. The van der Waals surface area contributed by atoms with Crippen molar-refractivity contribution in [2.45, 2.75) is 31.8 Å². The van der Waals surface area contributed by atoms with E-state index in [9.17, 15) is 14.4 Å². The maximum absolute atomic E-state index is 12.5. The predicted octanol–water partition coefficient (Wildman–Crippen LogP) is 0.306. The van der Waals surface area contributed by atoms with E-state index < -0.39 is 24.0 Å². The van der Waals surface area contributed by atoms with Crippen molar-refractivity contribution in [1.29, 1.82) is 0 Å². The number of hydrogen-bond donors (Lipinski definition) is 1. The van der Waals surface area contributed by atoms with Gasteiger partial charge in [-0.25, -0.2) is 14.3 Å². The summed E-state index contributed by atoms with van der Waals surface area (Å²) in [6.45, 7) is 2.01. The number of carbonyl (C=O) groups is 3. The highest BCUT2D eigenvalue weighted by Gasteiger charge is 2.37. The van der Waals surface area contributed by atoms with E-state index in [1.165, 1.54) is 24.3 Å². The van der Waals surface area contributed by atoms with Gasteiger partial charge in [0.2, 0.25) is 5.91 Å². The van der Waals surface area contributed by atoms with Gasteiger partial charge in [0.15, 0.2) is 0 Å². The minimum atomic E-state index is -1.15. The third-order valence-corrected chi connectivity index (χ3v) is 3.62. The number of rotatable bonds is 4. The van der Waals surface area contributed by atoms with Gasteiger partial charge in [0.25, 0.3) is 0 Å². The molecule has 1 aromatic heterocycles. The molecule has 8 heteroatoms.